The summed E-state index contributed by atoms with van der Waals surface area (Å²) in [6, 6.07) is 16.3. The van der Waals surface area contributed by atoms with Gasteiger partial charge in [-0.05, 0) is 55.5 Å². The monoisotopic (exact) mass is 537 g/mol. The third-order valence-corrected chi connectivity index (χ3v) is 6.62. The third-order valence-electron chi connectivity index (χ3n) is 6.09. The van der Waals surface area contributed by atoms with E-state index in [0.717, 1.165) is 30.2 Å². The SMILES string of the molecule is C#CC(F)(F)c1ccc(OC2[C@@H](C[C@](C)(CCC)NCCI)[C@@H]2c2ccccc2)cc1. The molecule has 1 saturated carbocycles. The molecule has 0 amide bonds. The Morgan fingerprint density at radius 3 is 2.39 bits per heavy atom. The smallest absolute Gasteiger partial charge is 0.333 e. The molecule has 5 heteroatoms. The van der Waals surface area contributed by atoms with E-state index in [9.17, 15) is 8.78 Å². The molecule has 0 saturated heterocycles. The Balaban J connectivity index is 1.77. The van der Waals surface area contributed by atoms with Crippen molar-refractivity contribution in [3.05, 3.63) is 65.7 Å². The normalized spacial score (nSPS) is 22.4. The molecule has 166 valence electrons. The zero-order chi connectivity index (χ0) is 22.5. The summed E-state index contributed by atoms with van der Waals surface area (Å²) in [5.74, 6) is -0.461. The van der Waals surface area contributed by atoms with Crippen LogP contribution in [0.2, 0.25) is 0 Å². The van der Waals surface area contributed by atoms with E-state index >= 15 is 0 Å². The fourth-order valence-electron chi connectivity index (χ4n) is 4.53. The Labute approximate surface area is 198 Å². The number of alkyl halides is 3. The molecule has 0 radical (unpaired) electrons. The zero-order valence-corrected chi connectivity index (χ0v) is 20.2. The molecular weight excluding hydrogens is 507 g/mol. The maximum absolute atomic E-state index is 13.7. The van der Waals surface area contributed by atoms with Crippen LogP contribution in [0.25, 0.3) is 0 Å². The Morgan fingerprint density at radius 1 is 1.13 bits per heavy atom. The molecule has 1 unspecified atom stereocenters. The van der Waals surface area contributed by atoms with Crippen molar-refractivity contribution < 1.29 is 13.5 Å². The van der Waals surface area contributed by atoms with Crippen LogP contribution < -0.4 is 10.1 Å². The first-order chi connectivity index (χ1) is 14.8. The molecule has 2 aromatic carbocycles. The van der Waals surface area contributed by atoms with Crippen LogP contribution in [0, 0.1) is 18.3 Å². The molecule has 1 fully saturated rings. The fraction of sp³-hybridized carbons (Fsp3) is 0.462. The lowest BCUT2D eigenvalue weighted by molar-refractivity contribution is 0.0640. The highest BCUT2D eigenvalue weighted by molar-refractivity contribution is 14.1. The maximum Gasteiger partial charge on any atom is 0.333 e. The van der Waals surface area contributed by atoms with Crippen LogP contribution >= 0.6 is 22.6 Å². The number of halogens is 3. The van der Waals surface area contributed by atoms with Crippen molar-refractivity contribution in [3.8, 4) is 18.1 Å². The number of hydrogen-bond acceptors (Lipinski definition) is 2. The van der Waals surface area contributed by atoms with Crippen LogP contribution in [-0.2, 0) is 5.92 Å². The van der Waals surface area contributed by atoms with E-state index in [4.69, 9.17) is 11.2 Å². The first-order valence-electron chi connectivity index (χ1n) is 10.8. The number of benzene rings is 2. The summed E-state index contributed by atoms with van der Waals surface area (Å²) in [7, 11) is 0. The van der Waals surface area contributed by atoms with Crippen LogP contribution in [-0.4, -0.2) is 22.6 Å². The summed E-state index contributed by atoms with van der Waals surface area (Å²) in [4.78, 5) is 0. The minimum Gasteiger partial charge on any atom is -0.489 e. The van der Waals surface area contributed by atoms with E-state index < -0.39 is 5.92 Å². The van der Waals surface area contributed by atoms with Gasteiger partial charge >= 0.3 is 5.92 Å². The van der Waals surface area contributed by atoms with Crippen molar-refractivity contribution in [1.82, 2.24) is 5.32 Å². The molecule has 31 heavy (non-hydrogen) atoms. The molecule has 1 N–H and O–H groups in total. The third kappa shape index (κ3) is 5.98. The average molecular weight is 537 g/mol. The van der Waals surface area contributed by atoms with Gasteiger partial charge in [-0.15, -0.1) is 6.42 Å². The quantitative estimate of drug-likeness (QED) is 0.200. The fourth-order valence-corrected chi connectivity index (χ4v) is 4.79. The first-order valence-corrected chi connectivity index (χ1v) is 12.3. The van der Waals surface area contributed by atoms with Gasteiger partial charge in [-0.2, -0.15) is 8.78 Å². The van der Waals surface area contributed by atoms with E-state index in [0.29, 0.717) is 17.6 Å². The Hall–Kier alpha value is -1.65. The van der Waals surface area contributed by atoms with Gasteiger partial charge < -0.3 is 10.1 Å². The van der Waals surface area contributed by atoms with Crippen LogP contribution in [0.3, 0.4) is 0 Å². The minimum absolute atomic E-state index is 0.0268. The average Bonchev–Trinajstić information content (AvgIpc) is 3.44. The summed E-state index contributed by atoms with van der Waals surface area (Å²) >= 11 is 2.40. The van der Waals surface area contributed by atoms with Crippen molar-refractivity contribution in [1.29, 1.82) is 0 Å². The number of hydrogen-bond donors (Lipinski definition) is 1. The van der Waals surface area contributed by atoms with E-state index in [2.05, 4.69) is 66.0 Å². The highest BCUT2D eigenvalue weighted by atomic mass is 127. The van der Waals surface area contributed by atoms with Gasteiger partial charge in [-0.25, -0.2) is 0 Å². The minimum atomic E-state index is -3.26. The van der Waals surface area contributed by atoms with Crippen LogP contribution in [0.5, 0.6) is 5.75 Å². The van der Waals surface area contributed by atoms with Gasteiger partial charge in [0.25, 0.3) is 0 Å². The molecule has 1 aliphatic rings. The zero-order valence-electron chi connectivity index (χ0n) is 18.1. The summed E-state index contributed by atoms with van der Waals surface area (Å²) in [5.41, 5.74) is 1.13. The second kappa shape index (κ2) is 10.3. The molecular formula is C26H30F2INO. The molecule has 0 spiro atoms. The summed E-state index contributed by atoms with van der Waals surface area (Å²) in [6.07, 6.45) is 8.20. The second-order valence-electron chi connectivity index (χ2n) is 8.56. The Bertz CT molecular complexity index is 881. The van der Waals surface area contributed by atoms with Crippen LogP contribution in [0.15, 0.2) is 54.6 Å². The number of nitrogens with one attached hydrogen (secondary N) is 1. The number of rotatable bonds is 11. The molecule has 2 aromatic rings. The summed E-state index contributed by atoms with van der Waals surface area (Å²) < 4.78 is 34.8. The second-order valence-corrected chi connectivity index (χ2v) is 9.64. The molecule has 0 aliphatic heterocycles. The maximum atomic E-state index is 13.7. The van der Waals surface area contributed by atoms with E-state index in [1.54, 1.807) is 12.1 Å². The topological polar surface area (TPSA) is 21.3 Å². The predicted octanol–water partition coefficient (Wildman–Crippen LogP) is 6.55. The molecule has 0 bridgehead atoms. The highest BCUT2D eigenvalue weighted by Gasteiger charge is 2.55. The van der Waals surface area contributed by atoms with Gasteiger partial charge in [-0.3, -0.25) is 0 Å². The lowest BCUT2D eigenvalue weighted by Gasteiger charge is -2.31. The lowest BCUT2D eigenvalue weighted by atomic mass is 9.88. The van der Waals surface area contributed by atoms with Gasteiger partial charge in [0.1, 0.15) is 11.9 Å². The number of terminal acetylenes is 1. The molecule has 0 heterocycles. The molecule has 0 aromatic heterocycles. The summed E-state index contributed by atoms with van der Waals surface area (Å²) in [5, 5.41) is 3.74. The highest BCUT2D eigenvalue weighted by Crippen LogP contribution is 2.54. The van der Waals surface area contributed by atoms with Gasteiger partial charge in [0.2, 0.25) is 0 Å². The lowest BCUT2D eigenvalue weighted by Crippen LogP contribution is -2.44. The van der Waals surface area contributed by atoms with E-state index in [-0.39, 0.29) is 17.2 Å². The van der Waals surface area contributed by atoms with Crippen molar-refractivity contribution >= 4 is 22.6 Å². The van der Waals surface area contributed by atoms with Gasteiger partial charge in [-0.1, -0.05) is 66.3 Å². The first kappa shape index (κ1) is 24.0. The van der Waals surface area contributed by atoms with Gasteiger partial charge in [0.15, 0.2) is 0 Å². The molecule has 4 atom stereocenters. The standard InChI is InChI=1S/C26H30F2INO/c1-4-15-25(3,30-17-16-29)18-22-23(19-9-7-6-8-10-19)24(22)31-21-13-11-20(12-14-21)26(27,28)5-2/h2,6-14,22-24,30H,4,15-18H2,1,3H3/t22-,23-,24?,25-/m0/s1. The van der Waals surface area contributed by atoms with E-state index in [1.165, 1.54) is 23.6 Å². The number of ether oxygens (including phenoxy) is 1. The van der Waals surface area contributed by atoms with Crippen LogP contribution in [0.1, 0.15) is 50.2 Å². The van der Waals surface area contributed by atoms with Crippen molar-refractivity contribution in [2.45, 2.75) is 56.6 Å². The van der Waals surface area contributed by atoms with Crippen molar-refractivity contribution in [3.63, 3.8) is 0 Å². The van der Waals surface area contributed by atoms with Crippen LogP contribution in [0.4, 0.5) is 8.78 Å². The van der Waals surface area contributed by atoms with E-state index in [1.807, 2.05) is 6.07 Å². The largest absolute Gasteiger partial charge is 0.489 e. The van der Waals surface area contributed by atoms with Gasteiger partial charge in [0.05, 0.1) is 0 Å². The Kier molecular flexibility index (Phi) is 7.98. The summed E-state index contributed by atoms with van der Waals surface area (Å²) in [6.45, 7) is 5.50. The van der Waals surface area contributed by atoms with Crippen molar-refractivity contribution in [2.24, 2.45) is 5.92 Å². The Morgan fingerprint density at radius 2 is 1.81 bits per heavy atom. The van der Waals surface area contributed by atoms with Crippen molar-refractivity contribution in [2.75, 3.05) is 11.0 Å². The molecule has 1 aliphatic carbocycles. The predicted molar refractivity (Wildman–Crippen MR) is 131 cm³/mol. The molecule has 3 rings (SSSR count). The van der Waals surface area contributed by atoms with Gasteiger partial charge in [0, 0.05) is 33.9 Å². The molecule has 2 nitrogen and oxygen atoms in total.